The molecule has 0 aromatic carbocycles. The van der Waals surface area contributed by atoms with Crippen LogP contribution >= 0.6 is 47.1 Å². The van der Waals surface area contributed by atoms with Crippen molar-refractivity contribution in [3.63, 3.8) is 0 Å². The first-order valence-corrected chi connectivity index (χ1v) is 10.9. The third kappa shape index (κ3) is 3.00. The van der Waals surface area contributed by atoms with Crippen molar-refractivity contribution in [3.8, 4) is 0 Å². The topological polar surface area (TPSA) is 45.6 Å². The van der Waals surface area contributed by atoms with Crippen molar-refractivity contribution in [1.29, 1.82) is 0 Å². The molecule has 0 radical (unpaired) electrons. The third-order valence-corrected chi connectivity index (χ3v) is 8.48. The number of carbonyl (C=O) groups excluding carboxylic acids is 1. The Morgan fingerprint density at radius 1 is 1.23 bits per heavy atom. The van der Waals surface area contributed by atoms with Crippen LogP contribution in [0.5, 0.6) is 0 Å². The first-order chi connectivity index (χ1) is 12.3. The van der Waals surface area contributed by atoms with Gasteiger partial charge in [-0.05, 0) is 20.8 Å². The van der Waals surface area contributed by atoms with Crippen LogP contribution in [-0.2, 0) is 11.3 Å². The van der Waals surface area contributed by atoms with Crippen LogP contribution in [0.2, 0.25) is 0 Å². The van der Waals surface area contributed by atoms with E-state index in [1.165, 1.54) is 32.9 Å². The first-order valence-electron chi connectivity index (χ1n) is 8.03. The molecule has 0 unspecified atom stereocenters. The molecule has 0 spiro atoms. The van der Waals surface area contributed by atoms with Gasteiger partial charge < -0.3 is 4.90 Å². The number of thioether (sulfide) groups is 2. The van der Waals surface area contributed by atoms with Crippen molar-refractivity contribution in [2.24, 2.45) is 0 Å². The molecule has 0 aliphatic carbocycles. The summed E-state index contributed by atoms with van der Waals surface area (Å²) < 4.78 is 3.44. The quantitative estimate of drug-likeness (QED) is 0.546. The van der Waals surface area contributed by atoms with Gasteiger partial charge in [-0.15, -0.1) is 17.9 Å². The number of aromatic nitrogens is 1. The fraction of sp³-hybridized carbons (Fsp3) is 0.353. The summed E-state index contributed by atoms with van der Waals surface area (Å²) in [5, 5.41) is 0.938. The predicted molar refractivity (Wildman–Crippen MR) is 116 cm³/mol. The monoisotopic (exact) mass is 425 g/mol. The maximum Gasteiger partial charge on any atom is 0.272 e. The van der Waals surface area contributed by atoms with E-state index in [0.29, 0.717) is 25.0 Å². The average molecular weight is 426 g/mol. The van der Waals surface area contributed by atoms with E-state index in [0.717, 1.165) is 17.3 Å². The minimum absolute atomic E-state index is 0.0882. The van der Waals surface area contributed by atoms with Crippen molar-refractivity contribution < 1.29 is 4.79 Å². The van der Waals surface area contributed by atoms with Crippen molar-refractivity contribution in [2.75, 3.05) is 13.6 Å². The Hall–Kier alpha value is -1.29. The summed E-state index contributed by atoms with van der Waals surface area (Å²) in [4.78, 5) is 31.0. The molecule has 1 amide bonds. The molecule has 3 rings (SSSR count). The molecule has 2 aliphatic rings. The molecule has 5 nitrogen and oxygen atoms in total. The van der Waals surface area contributed by atoms with Crippen LogP contribution in [0.4, 0.5) is 0 Å². The Bertz CT molecular complexity index is 1030. The number of thiocarbonyl (C=S) groups is 1. The highest BCUT2D eigenvalue weighted by Gasteiger charge is 2.32. The standard InChI is InChI=1S/C17H19N3O2S4/c1-6-8-20-14(22)12(15-19(7-2)9(3)10(4)24-15)25-16(20)11-13(21)18(5)17(23)26-11/h6H,1,7-8H2,2-5H3/b15-12+,16-11-. The van der Waals surface area contributed by atoms with Gasteiger partial charge in [-0.1, -0.05) is 41.8 Å². The van der Waals surface area contributed by atoms with Gasteiger partial charge in [0.25, 0.3) is 11.5 Å². The Labute approximate surface area is 169 Å². The Morgan fingerprint density at radius 3 is 2.46 bits per heavy atom. The average Bonchev–Trinajstić information content (AvgIpc) is 3.17. The van der Waals surface area contributed by atoms with Gasteiger partial charge in [0.15, 0.2) is 0 Å². The van der Waals surface area contributed by atoms with Crippen LogP contribution < -0.4 is 14.8 Å². The number of allylic oxidation sites excluding steroid dienone is 3. The summed E-state index contributed by atoms with van der Waals surface area (Å²) >= 11 is 9.46. The minimum atomic E-state index is -0.160. The van der Waals surface area contributed by atoms with Gasteiger partial charge >= 0.3 is 0 Å². The van der Waals surface area contributed by atoms with Gasteiger partial charge in [0.1, 0.15) is 23.4 Å². The fourth-order valence-corrected chi connectivity index (χ4v) is 6.53. The molecule has 1 fully saturated rings. The van der Waals surface area contributed by atoms with Gasteiger partial charge in [0.05, 0.1) is 0 Å². The van der Waals surface area contributed by atoms with E-state index in [2.05, 4.69) is 32.3 Å². The summed E-state index contributed by atoms with van der Waals surface area (Å²) in [7, 11) is 1.66. The van der Waals surface area contributed by atoms with Gasteiger partial charge in [-0.2, -0.15) is 0 Å². The maximum absolute atomic E-state index is 13.1. The number of nitrogens with zero attached hydrogens (tertiary/aromatic N) is 3. The van der Waals surface area contributed by atoms with Crippen LogP contribution in [0.3, 0.4) is 0 Å². The number of carbonyl (C=O) groups is 1. The van der Waals surface area contributed by atoms with Gasteiger partial charge in [-0.25, -0.2) is 0 Å². The minimum Gasteiger partial charge on any atom is -0.338 e. The lowest BCUT2D eigenvalue weighted by molar-refractivity contribution is -0.119. The van der Waals surface area contributed by atoms with Crippen molar-refractivity contribution in [2.45, 2.75) is 27.3 Å². The van der Waals surface area contributed by atoms with Gasteiger partial charge in [0.2, 0.25) is 0 Å². The number of rotatable bonds is 3. The zero-order valence-corrected chi connectivity index (χ0v) is 18.3. The van der Waals surface area contributed by atoms with Gasteiger partial charge in [-0.3, -0.25) is 19.1 Å². The SMILES string of the molecule is C=CCn1c(=O)/c(=C2\SC(C)=C(C)N2CC)s/c1=C1\SC(=S)N(C)C1=O. The van der Waals surface area contributed by atoms with E-state index in [1.807, 2.05) is 0 Å². The van der Waals surface area contributed by atoms with E-state index in [1.54, 1.807) is 29.5 Å². The molecule has 0 N–H and O–H groups in total. The van der Waals surface area contributed by atoms with E-state index >= 15 is 0 Å². The normalized spacial score (nSPS) is 22.2. The summed E-state index contributed by atoms with van der Waals surface area (Å²) in [6, 6.07) is 0. The molecule has 0 atom stereocenters. The molecule has 1 aromatic rings. The fourth-order valence-electron chi connectivity index (χ4n) is 2.75. The van der Waals surface area contributed by atoms with Crippen LogP contribution in [0.25, 0.3) is 9.93 Å². The number of thiazole rings is 1. The molecule has 0 bridgehead atoms. The zero-order chi connectivity index (χ0) is 19.2. The second-order valence-corrected chi connectivity index (χ2v) is 9.64. The summed E-state index contributed by atoms with van der Waals surface area (Å²) in [5.41, 5.74) is 1.08. The van der Waals surface area contributed by atoms with Crippen LogP contribution in [-0.4, -0.2) is 38.2 Å². The molecule has 1 aromatic heterocycles. The van der Waals surface area contributed by atoms with Gasteiger partial charge in [0, 0.05) is 30.7 Å². The first kappa shape index (κ1) is 19.5. The predicted octanol–water partition coefficient (Wildman–Crippen LogP) is 2.08. The smallest absolute Gasteiger partial charge is 0.272 e. The molecular formula is C17H19N3O2S4. The molecule has 3 heterocycles. The largest absolute Gasteiger partial charge is 0.338 e. The molecule has 9 heteroatoms. The van der Waals surface area contributed by atoms with E-state index < -0.39 is 0 Å². The van der Waals surface area contributed by atoms with E-state index in [-0.39, 0.29) is 11.5 Å². The molecule has 138 valence electrons. The second kappa shape index (κ2) is 7.38. The highest BCUT2D eigenvalue weighted by molar-refractivity contribution is 8.30. The van der Waals surface area contributed by atoms with Crippen LogP contribution in [0.15, 0.2) is 28.1 Å². The van der Waals surface area contributed by atoms with Crippen molar-refractivity contribution in [3.05, 3.63) is 42.8 Å². The lowest BCUT2D eigenvalue weighted by Crippen LogP contribution is -2.34. The van der Waals surface area contributed by atoms with Crippen LogP contribution in [0.1, 0.15) is 20.8 Å². The molecular weight excluding hydrogens is 406 g/mol. The number of hydrogen-bond donors (Lipinski definition) is 0. The maximum atomic E-state index is 13.1. The highest BCUT2D eigenvalue weighted by atomic mass is 32.2. The van der Waals surface area contributed by atoms with Crippen LogP contribution in [0, 0.1) is 0 Å². The Morgan fingerprint density at radius 2 is 1.92 bits per heavy atom. The molecule has 26 heavy (non-hydrogen) atoms. The van der Waals surface area contributed by atoms with E-state index in [4.69, 9.17) is 12.2 Å². The highest BCUT2D eigenvalue weighted by Crippen LogP contribution is 2.40. The lowest BCUT2D eigenvalue weighted by atomic mass is 10.4. The number of hydrogen-bond acceptors (Lipinski definition) is 7. The third-order valence-electron chi connectivity index (χ3n) is 4.27. The van der Waals surface area contributed by atoms with E-state index in [9.17, 15) is 9.59 Å². The number of amides is 1. The Kier molecular flexibility index (Phi) is 5.53. The second-order valence-electron chi connectivity index (χ2n) is 5.80. The summed E-state index contributed by atoms with van der Waals surface area (Å²) in [5.74, 6) is -0.160. The van der Waals surface area contributed by atoms with Crippen molar-refractivity contribution >= 4 is 67.2 Å². The molecule has 1 saturated heterocycles. The molecule has 2 aliphatic heterocycles. The van der Waals surface area contributed by atoms with Crippen molar-refractivity contribution in [1.82, 2.24) is 14.4 Å². The molecule has 0 saturated carbocycles. The lowest BCUT2D eigenvalue weighted by Gasteiger charge is -2.17. The summed E-state index contributed by atoms with van der Waals surface area (Å²) in [6.07, 6.45) is 1.67. The Balaban J connectivity index is 2.35. The summed E-state index contributed by atoms with van der Waals surface area (Å²) in [6.45, 7) is 11.1. The zero-order valence-electron chi connectivity index (χ0n) is 15.0.